The maximum Gasteiger partial charge on any atom is 0.265 e. The molecule has 0 aliphatic rings. The minimum atomic E-state index is -0.648. The first-order valence-electron chi connectivity index (χ1n) is 8.61. The van der Waals surface area contributed by atoms with Crippen molar-refractivity contribution in [2.45, 2.75) is 40.7 Å². The summed E-state index contributed by atoms with van der Waals surface area (Å²) in [5.74, 6) is 0.298. The van der Waals surface area contributed by atoms with Crippen molar-refractivity contribution >= 4 is 23.2 Å². The minimum absolute atomic E-state index is 0.0861. The SMILES string of the molecule is Cc1ccc(OC(C)C(=O)Nc2cccc(NC(=O)C(C)(C)C)c2)cc1. The summed E-state index contributed by atoms with van der Waals surface area (Å²) in [6.45, 7) is 9.22. The van der Waals surface area contributed by atoms with Crippen LogP contribution in [0.3, 0.4) is 0 Å². The molecule has 2 amide bonds. The van der Waals surface area contributed by atoms with Gasteiger partial charge in [0.05, 0.1) is 0 Å². The van der Waals surface area contributed by atoms with Crippen LogP contribution in [-0.2, 0) is 9.59 Å². The molecule has 0 aliphatic heterocycles. The summed E-state index contributed by atoms with van der Waals surface area (Å²) in [5.41, 5.74) is 1.87. The van der Waals surface area contributed by atoms with Crippen LogP contribution < -0.4 is 15.4 Å². The molecule has 0 aromatic heterocycles. The fraction of sp³-hybridized carbons (Fsp3) is 0.333. The van der Waals surface area contributed by atoms with Gasteiger partial charge in [-0.25, -0.2) is 0 Å². The van der Waals surface area contributed by atoms with E-state index in [0.717, 1.165) is 5.56 Å². The average Bonchev–Trinajstić information content (AvgIpc) is 2.56. The van der Waals surface area contributed by atoms with Crippen LogP contribution in [0, 0.1) is 12.3 Å². The summed E-state index contributed by atoms with van der Waals surface area (Å²) in [7, 11) is 0. The zero-order valence-electron chi connectivity index (χ0n) is 15.9. The lowest BCUT2D eigenvalue weighted by molar-refractivity contribution is -0.123. The lowest BCUT2D eigenvalue weighted by Gasteiger charge is -2.18. The van der Waals surface area contributed by atoms with E-state index in [2.05, 4.69) is 10.6 Å². The van der Waals surface area contributed by atoms with Gasteiger partial charge < -0.3 is 15.4 Å². The van der Waals surface area contributed by atoms with Crippen LogP contribution in [-0.4, -0.2) is 17.9 Å². The van der Waals surface area contributed by atoms with Crippen LogP contribution in [0.1, 0.15) is 33.3 Å². The normalized spacial score (nSPS) is 12.2. The smallest absolute Gasteiger partial charge is 0.265 e. The Bertz CT molecular complexity index is 777. The molecule has 0 aliphatic carbocycles. The van der Waals surface area contributed by atoms with Crippen LogP contribution in [0.25, 0.3) is 0 Å². The molecule has 0 spiro atoms. The molecular weight excluding hydrogens is 328 g/mol. The Morgan fingerprint density at radius 3 is 2.12 bits per heavy atom. The average molecular weight is 354 g/mol. The number of carbonyl (C=O) groups excluding carboxylic acids is 2. The maximum atomic E-state index is 12.4. The second-order valence-electron chi connectivity index (χ2n) is 7.35. The number of carbonyl (C=O) groups is 2. The highest BCUT2D eigenvalue weighted by Gasteiger charge is 2.21. The standard InChI is InChI=1S/C21H26N2O3/c1-14-9-11-18(12-10-14)26-15(2)19(24)22-16-7-6-8-17(13-16)23-20(25)21(3,4)5/h6-13,15H,1-5H3,(H,22,24)(H,23,25). The van der Waals surface area contributed by atoms with Gasteiger partial charge in [0.15, 0.2) is 6.10 Å². The summed E-state index contributed by atoms with van der Waals surface area (Å²) in [6, 6.07) is 14.6. The van der Waals surface area contributed by atoms with Gasteiger partial charge in [0.1, 0.15) is 5.75 Å². The molecule has 2 rings (SSSR count). The van der Waals surface area contributed by atoms with Gasteiger partial charge in [-0.15, -0.1) is 0 Å². The van der Waals surface area contributed by atoms with E-state index < -0.39 is 11.5 Å². The molecular formula is C21H26N2O3. The molecule has 26 heavy (non-hydrogen) atoms. The lowest BCUT2D eigenvalue weighted by atomic mass is 9.95. The van der Waals surface area contributed by atoms with Crippen LogP contribution in [0.15, 0.2) is 48.5 Å². The van der Waals surface area contributed by atoms with Crippen LogP contribution in [0.4, 0.5) is 11.4 Å². The number of hydrogen-bond acceptors (Lipinski definition) is 3. The third kappa shape index (κ3) is 5.62. The van der Waals surface area contributed by atoms with Gasteiger partial charge in [0.2, 0.25) is 5.91 Å². The number of anilines is 2. The van der Waals surface area contributed by atoms with Crippen molar-refractivity contribution in [2.75, 3.05) is 10.6 Å². The van der Waals surface area contributed by atoms with Crippen LogP contribution in [0.5, 0.6) is 5.75 Å². The van der Waals surface area contributed by atoms with Gasteiger partial charge in [-0.05, 0) is 44.2 Å². The monoisotopic (exact) mass is 354 g/mol. The van der Waals surface area contributed by atoms with Crippen molar-refractivity contribution in [2.24, 2.45) is 5.41 Å². The van der Waals surface area contributed by atoms with Gasteiger partial charge in [-0.3, -0.25) is 9.59 Å². The molecule has 5 nitrogen and oxygen atoms in total. The van der Waals surface area contributed by atoms with E-state index in [0.29, 0.717) is 17.1 Å². The molecule has 2 aromatic carbocycles. The highest BCUT2D eigenvalue weighted by molar-refractivity contribution is 5.97. The highest BCUT2D eigenvalue weighted by Crippen LogP contribution is 2.20. The molecule has 0 fully saturated rings. The quantitative estimate of drug-likeness (QED) is 0.837. The van der Waals surface area contributed by atoms with Gasteiger partial charge in [-0.1, -0.05) is 44.5 Å². The summed E-state index contributed by atoms with van der Waals surface area (Å²) >= 11 is 0. The van der Waals surface area contributed by atoms with Gasteiger partial charge in [0.25, 0.3) is 5.91 Å². The maximum absolute atomic E-state index is 12.4. The van der Waals surface area contributed by atoms with Crippen LogP contribution in [0.2, 0.25) is 0 Å². The Balaban J connectivity index is 1.99. The zero-order chi connectivity index (χ0) is 19.3. The Morgan fingerprint density at radius 1 is 0.962 bits per heavy atom. The van der Waals surface area contributed by atoms with Crippen molar-refractivity contribution in [3.63, 3.8) is 0 Å². The number of benzene rings is 2. The second-order valence-corrected chi connectivity index (χ2v) is 7.35. The first kappa shape index (κ1) is 19.5. The molecule has 1 atom stereocenters. The first-order chi connectivity index (χ1) is 12.1. The van der Waals surface area contributed by atoms with Gasteiger partial charge in [0, 0.05) is 16.8 Å². The van der Waals surface area contributed by atoms with E-state index in [1.165, 1.54) is 0 Å². The largest absolute Gasteiger partial charge is 0.481 e. The Hall–Kier alpha value is -2.82. The van der Waals surface area contributed by atoms with E-state index in [9.17, 15) is 9.59 Å². The topological polar surface area (TPSA) is 67.4 Å². The van der Waals surface area contributed by atoms with E-state index >= 15 is 0 Å². The van der Waals surface area contributed by atoms with Crippen molar-refractivity contribution in [3.8, 4) is 5.75 Å². The lowest BCUT2D eigenvalue weighted by Crippen LogP contribution is -2.30. The van der Waals surface area contributed by atoms with E-state index in [1.807, 2.05) is 52.0 Å². The number of rotatable bonds is 5. The Labute approximate surface area is 154 Å². The summed E-state index contributed by atoms with van der Waals surface area (Å²) in [6.07, 6.45) is -0.648. The molecule has 2 N–H and O–H groups in total. The molecule has 1 unspecified atom stereocenters. The van der Waals surface area contributed by atoms with Crippen molar-refractivity contribution in [1.82, 2.24) is 0 Å². The van der Waals surface area contributed by atoms with E-state index in [1.54, 1.807) is 31.2 Å². The highest BCUT2D eigenvalue weighted by atomic mass is 16.5. The third-order valence-electron chi connectivity index (χ3n) is 3.77. The molecule has 0 radical (unpaired) electrons. The molecule has 0 saturated carbocycles. The summed E-state index contributed by atoms with van der Waals surface area (Å²) in [4.78, 5) is 24.4. The number of nitrogens with one attached hydrogen (secondary N) is 2. The van der Waals surface area contributed by atoms with Crippen molar-refractivity contribution < 1.29 is 14.3 Å². The second kappa shape index (κ2) is 8.04. The summed E-state index contributed by atoms with van der Waals surface area (Å²) in [5, 5.41) is 5.66. The van der Waals surface area contributed by atoms with Gasteiger partial charge >= 0.3 is 0 Å². The van der Waals surface area contributed by atoms with Gasteiger partial charge in [-0.2, -0.15) is 0 Å². The molecule has 0 bridgehead atoms. The van der Waals surface area contributed by atoms with E-state index in [-0.39, 0.29) is 11.8 Å². The molecule has 5 heteroatoms. The van der Waals surface area contributed by atoms with E-state index in [4.69, 9.17) is 4.74 Å². The molecule has 138 valence electrons. The predicted octanol–water partition coefficient (Wildman–Crippen LogP) is 4.39. The Morgan fingerprint density at radius 2 is 1.54 bits per heavy atom. The number of aryl methyl sites for hydroxylation is 1. The zero-order valence-corrected chi connectivity index (χ0v) is 15.9. The van der Waals surface area contributed by atoms with Crippen molar-refractivity contribution in [1.29, 1.82) is 0 Å². The fourth-order valence-corrected chi connectivity index (χ4v) is 2.11. The predicted molar refractivity (Wildman–Crippen MR) is 104 cm³/mol. The fourth-order valence-electron chi connectivity index (χ4n) is 2.11. The molecule has 0 heterocycles. The van der Waals surface area contributed by atoms with Crippen LogP contribution >= 0.6 is 0 Å². The third-order valence-corrected chi connectivity index (χ3v) is 3.77. The Kier molecular flexibility index (Phi) is 6.03. The first-order valence-corrected chi connectivity index (χ1v) is 8.61. The number of ether oxygens (including phenoxy) is 1. The molecule has 2 aromatic rings. The molecule has 0 saturated heterocycles. The number of amides is 2. The van der Waals surface area contributed by atoms with Crippen molar-refractivity contribution in [3.05, 3.63) is 54.1 Å². The summed E-state index contributed by atoms with van der Waals surface area (Å²) < 4.78 is 5.66. The minimum Gasteiger partial charge on any atom is -0.481 e. The number of hydrogen-bond donors (Lipinski definition) is 2.